The van der Waals surface area contributed by atoms with E-state index in [-0.39, 0.29) is 5.78 Å². The molecule has 0 saturated carbocycles. The van der Waals surface area contributed by atoms with Gasteiger partial charge < -0.3 is 0 Å². The lowest BCUT2D eigenvalue weighted by atomic mass is 10.2. The summed E-state index contributed by atoms with van der Waals surface area (Å²) in [6, 6.07) is 27.1. The largest absolute Gasteiger partial charge is 0.293 e. The molecule has 0 atom stereocenters. The number of hydrogen-bond acceptors (Lipinski definition) is 4. The Hall–Kier alpha value is -2.96. The molecule has 0 saturated heterocycles. The molecule has 4 rings (SSSR count). The summed E-state index contributed by atoms with van der Waals surface area (Å²) in [5.74, 6) is 0.358. The van der Waals surface area contributed by atoms with Gasteiger partial charge in [-0.3, -0.25) is 4.79 Å². The van der Waals surface area contributed by atoms with Crippen LogP contribution >= 0.6 is 27.7 Å². The summed E-state index contributed by atoms with van der Waals surface area (Å²) in [5, 5.41) is 5.26. The lowest BCUT2D eigenvalue weighted by molar-refractivity contribution is 0.102. The third-order valence-electron chi connectivity index (χ3n) is 4.36. The summed E-state index contributed by atoms with van der Waals surface area (Å²) >= 11 is 4.82. The zero-order valence-corrected chi connectivity index (χ0v) is 18.4. The van der Waals surface area contributed by atoms with Crippen LogP contribution in [0.15, 0.2) is 106 Å². The van der Waals surface area contributed by atoms with E-state index >= 15 is 0 Å². The molecule has 1 heterocycles. The highest BCUT2D eigenvalue weighted by Crippen LogP contribution is 2.25. The second-order valence-electron chi connectivity index (χ2n) is 6.49. The van der Waals surface area contributed by atoms with Gasteiger partial charge in [0.25, 0.3) is 0 Å². The van der Waals surface area contributed by atoms with Gasteiger partial charge >= 0.3 is 0 Å². The number of benzene rings is 3. The summed E-state index contributed by atoms with van der Waals surface area (Å²) in [6.07, 6.45) is 3.67. The van der Waals surface area contributed by atoms with Crippen molar-refractivity contribution in [2.75, 3.05) is 5.75 Å². The number of nitrogens with zero attached hydrogens (tertiary/aromatic N) is 3. The molecular formula is C24H18BrN3OS. The number of imidazole rings is 1. The lowest BCUT2D eigenvalue weighted by Crippen LogP contribution is -2.03. The maximum atomic E-state index is 12.5. The summed E-state index contributed by atoms with van der Waals surface area (Å²) in [7, 11) is 0. The Morgan fingerprint density at radius 2 is 1.63 bits per heavy atom. The standard InChI is InChI=1S/C24H18BrN3OS/c25-21-13-11-18(12-14-21)15-26-28-16-22(19-7-3-1-4-8-19)27-24(28)30-17-23(29)20-9-5-2-6-10-20/h1-16H,17H2/b26-15+. The SMILES string of the molecule is O=C(CSc1nc(-c2ccccc2)cn1/N=C/c1ccc(Br)cc1)c1ccccc1. The van der Waals surface area contributed by atoms with E-state index in [1.807, 2.05) is 91.1 Å². The smallest absolute Gasteiger partial charge is 0.189 e. The van der Waals surface area contributed by atoms with Crippen LogP contribution in [0.1, 0.15) is 15.9 Å². The Morgan fingerprint density at radius 3 is 2.33 bits per heavy atom. The van der Waals surface area contributed by atoms with Crippen LogP contribution in [-0.2, 0) is 0 Å². The zero-order chi connectivity index (χ0) is 20.8. The van der Waals surface area contributed by atoms with Gasteiger partial charge in [-0.05, 0) is 17.7 Å². The Labute approximate surface area is 187 Å². The minimum Gasteiger partial charge on any atom is -0.293 e. The summed E-state index contributed by atoms with van der Waals surface area (Å²) in [6.45, 7) is 0. The molecule has 4 nitrogen and oxygen atoms in total. The molecule has 3 aromatic carbocycles. The summed E-state index contributed by atoms with van der Waals surface area (Å²) in [5.41, 5.74) is 3.50. The molecular weight excluding hydrogens is 458 g/mol. The molecule has 30 heavy (non-hydrogen) atoms. The predicted octanol–water partition coefficient (Wildman–Crippen LogP) is 6.17. The number of thioether (sulfide) groups is 1. The number of carbonyl (C=O) groups is 1. The number of halogens is 1. The van der Waals surface area contributed by atoms with Gasteiger partial charge in [-0.25, -0.2) is 9.66 Å². The van der Waals surface area contributed by atoms with Crippen LogP contribution < -0.4 is 0 Å². The van der Waals surface area contributed by atoms with Crippen LogP contribution in [0.3, 0.4) is 0 Å². The Morgan fingerprint density at radius 1 is 0.967 bits per heavy atom. The fourth-order valence-electron chi connectivity index (χ4n) is 2.80. The van der Waals surface area contributed by atoms with Crippen molar-refractivity contribution in [3.63, 3.8) is 0 Å². The number of Topliss-reactive ketones (excluding diaryl/α,β-unsaturated/α-hetero) is 1. The molecule has 0 fully saturated rings. The highest BCUT2D eigenvalue weighted by molar-refractivity contribution is 9.10. The third-order valence-corrected chi connectivity index (χ3v) is 5.83. The first-order valence-electron chi connectivity index (χ1n) is 9.35. The molecule has 0 aliphatic heterocycles. The van der Waals surface area contributed by atoms with Crippen molar-refractivity contribution in [1.82, 2.24) is 9.66 Å². The van der Waals surface area contributed by atoms with Gasteiger partial charge in [-0.2, -0.15) is 5.10 Å². The van der Waals surface area contributed by atoms with Crippen LogP contribution in [0.5, 0.6) is 0 Å². The van der Waals surface area contributed by atoms with Gasteiger partial charge in [0.1, 0.15) is 0 Å². The quantitative estimate of drug-likeness (QED) is 0.182. The first kappa shape index (κ1) is 20.3. The van der Waals surface area contributed by atoms with Crippen molar-refractivity contribution in [2.45, 2.75) is 5.16 Å². The topological polar surface area (TPSA) is 47.2 Å². The van der Waals surface area contributed by atoms with Crippen LogP contribution in [0.4, 0.5) is 0 Å². The molecule has 0 radical (unpaired) electrons. The van der Waals surface area contributed by atoms with E-state index < -0.39 is 0 Å². The Kier molecular flexibility index (Phi) is 6.57. The molecule has 0 spiro atoms. The van der Waals surface area contributed by atoms with Gasteiger partial charge in [-0.15, -0.1) is 0 Å². The molecule has 0 aliphatic rings. The van der Waals surface area contributed by atoms with Crippen molar-refractivity contribution in [1.29, 1.82) is 0 Å². The minimum atomic E-state index is 0.0632. The molecule has 0 aliphatic carbocycles. The molecule has 4 aromatic rings. The van der Waals surface area contributed by atoms with E-state index in [0.29, 0.717) is 16.5 Å². The second kappa shape index (κ2) is 9.69. The van der Waals surface area contributed by atoms with E-state index in [2.05, 4.69) is 21.0 Å². The van der Waals surface area contributed by atoms with E-state index in [4.69, 9.17) is 4.98 Å². The van der Waals surface area contributed by atoms with Crippen LogP contribution in [0.25, 0.3) is 11.3 Å². The molecule has 148 valence electrons. The monoisotopic (exact) mass is 475 g/mol. The van der Waals surface area contributed by atoms with Crippen LogP contribution in [0, 0.1) is 0 Å². The number of aromatic nitrogens is 2. The number of rotatable bonds is 7. The van der Waals surface area contributed by atoms with Crippen molar-refractivity contribution in [3.05, 3.63) is 107 Å². The van der Waals surface area contributed by atoms with Crippen molar-refractivity contribution in [3.8, 4) is 11.3 Å². The lowest BCUT2D eigenvalue weighted by Gasteiger charge is -2.02. The predicted molar refractivity (Wildman–Crippen MR) is 126 cm³/mol. The van der Waals surface area contributed by atoms with Gasteiger partial charge in [-0.1, -0.05) is 100 Å². The van der Waals surface area contributed by atoms with Gasteiger partial charge in [0.2, 0.25) is 0 Å². The molecule has 0 N–H and O–H groups in total. The average Bonchev–Trinajstić information content (AvgIpc) is 3.21. The molecule has 0 bridgehead atoms. The van der Waals surface area contributed by atoms with Crippen molar-refractivity contribution < 1.29 is 4.79 Å². The zero-order valence-electron chi connectivity index (χ0n) is 16.0. The van der Waals surface area contributed by atoms with E-state index in [1.54, 1.807) is 10.9 Å². The van der Waals surface area contributed by atoms with Crippen molar-refractivity contribution in [2.24, 2.45) is 5.10 Å². The van der Waals surface area contributed by atoms with Gasteiger partial charge in [0.05, 0.1) is 23.9 Å². The number of ketones is 1. The van der Waals surface area contributed by atoms with Crippen LogP contribution in [-0.4, -0.2) is 27.4 Å². The van der Waals surface area contributed by atoms with E-state index in [0.717, 1.165) is 21.3 Å². The average molecular weight is 476 g/mol. The first-order valence-corrected chi connectivity index (χ1v) is 11.1. The minimum absolute atomic E-state index is 0.0632. The van der Waals surface area contributed by atoms with Crippen molar-refractivity contribution >= 4 is 39.7 Å². The third kappa shape index (κ3) is 5.14. The van der Waals surface area contributed by atoms with Crippen LogP contribution in [0.2, 0.25) is 0 Å². The fraction of sp³-hybridized carbons (Fsp3) is 0.0417. The molecule has 0 unspecified atom stereocenters. The Bertz CT molecular complexity index is 1160. The normalized spacial score (nSPS) is 11.1. The summed E-state index contributed by atoms with van der Waals surface area (Å²) < 4.78 is 2.75. The van der Waals surface area contributed by atoms with Gasteiger partial charge in [0, 0.05) is 15.6 Å². The van der Waals surface area contributed by atoms with Gasteiger partial charge in [0.15, 0.2) is 10.9 Å². The molecule has 6 heteroatoms. The first-order chi connectivity index (χ1) is 14.7. The fourth-order valence-corrected chi connectivity index (χ4v) is 3.88. The highest BCUT2D eigenvalue weighted by atomic mass is 79.9. The number of carbonyl (C=O) groups excluding carboxylic acids is 1. The van der Waals surface area contributed by atoms with E-state index in [9.17, 15) is 4.79 Å². The summed E-state index contributed by atoms with van der Waals surface area (Å²) in [4.78, 5) is 17.2. The maximum absolute atomic E-state index is 12.5. The second-order valence-corrected chi connectivity index (χ2v) is 8.35. The van der Waals surface area contributed by atoms with E-state index in [1.165, 1.54) is 11.8 Å². The maximum Gasteiger partial charge on any atom is 0.189 e. The highest BCUT2D eigenvalue weighted by Gasteiger charge is 2.13. The molecule has 1 aromatic heterocycles. The number of hydrogen-bond donors (Lipinski definition) is 0. The Balaban J connectivity index is 1.59. The molecule has 0 amide bonds.